The fraction of sp³-hybridized carbons (Fsp3) is 0.0270. The lowest BCUT2D eigenvalue weighted by Gasteiger charge is -2.09. The van der Waals surface area contributed by atoms with E-state index >= 15 is 0 Å². The molecule has 22 heteroatoms. The standard InChI is InChI=1S/C37H7F9N12O/c1-10(18-19(38)21(40)23(42)22(41)20(18)39)32-51-15-5-3-11(13(7-47)28(15)53-32)33-56-34(12-4-6-16-29(14(12)8-48)54-35(52-16)17(9-49)50-2)58-36(57-33)37-55-30-26(45)24(43)25(44)27(46)31(30)59-37/h3-6H,1H3/b32-10-,35-17+. The van der Waals surface area contributed by atoms with Gasteiger partial charge in [-0.25, -0.2) is 85.1 Å². The van der Waals surface area contributed by atoms with Crippen molar-refractivity contribution in [2.45, 2.75) is 6.92 Å². The third-order valence-corrected chi connectivity index (χ3v) is 8.70. The second-order valence-corrected chi connectivity index (χ2v) is 11.9. The van der Waals surface area contributed by atoms with Gasteiger partial charge >= 0.3 is 5.70 Å². The number of hydrogen-bond donors (Lipinski definition) is 0. The zero-order valence-electron chi connectivity index (χ0n) is 28.5. The Balaban J connectivity index is 1.39. The highest BCUT2D eigenvalue weighted by Crippen LogP contribution is 2.34. The number of oxazole rings is 1. The second kappa shape index (κ2) is 13.5. The maximum absolute atomic E-state index is 14.7. The first kappa shape index (κ1) is 37.3. The smallest absolute Gasteiger partial charge is 0.305 e. The summed E-state index contributed by atoms with van der Waals surface area (Å²) in [6.45, 7) is 8.19. The molecule has 284 valence electrons. The number of nitriles is 3. The summed E-state index contributed by atoms with van der Waals surface area (Å²) in [5.41, 5.74) is -5.80. The Labute approximate surface area is 319 Å². The normalized spacial score (nSPS) is 14.1. The van der Waals surface area contributed by atoms with Crippen LogP contribution < -0.4 is 21.4 Å². The Morgan fingerprint density at radius 1 is 0.593 bits per heavy atom. The number of nitrogens with zero attached hydrogens (tertiary/aromatic N) is 12. The molecule has 0 aliphatic carbocycles. The average molecular weight is 807 g/mol. The Bertz CT molecular complexity index is 3430. The molecule has 8 rings (SSSR count). The summed E-state index contributed by atoms with van der Waals surface area (Å²) < 4.78 is 134. The molecule has 4 aromatic carbocycles. The second-order valence-electron chi connectivity index (χ2n) is 11.9. The van der Waals surface area contributed by atoms with E-state index in [1.165, 1.54) is 24.3 Å². The van der Waals surface area contributed by atoms with Crippen LogP contribution in [0, 0.1) is 92.9 Å². The molecule has 6 aromatic rings. The molecule has 0 amide bonds. The predicted octanol–water partition coefficient (Wildman–Crippen LogP) is 5.52. The van der Waals surface area contributed by atoms with Gasteiger partial charge in [0.2, 0.25) is 23.3 Å². The molecule has 0 saturated heterocycles. The Hall–Kier alpha value is -8.63. The first-order valence-corrected chi connectivity index (χ1v) is 15.9. The van der Waals surface area contributed by atoms with Gasteiger partial charge in [0.1, 0.15) is 22.9 Å². The van der Waals surface area contributed by atoms with Gasteiger partial charge in [0.15, 0.2) is 69.3 Å². The van der Waals surface area contributed by atoms with Crippen molar-refractivity contribution in [2.24, 2.45) is 20.0 Å². The van der Waals surface area contributed by atoms with Crippen molar-refractivity contribution in [3.05, 3.63) is 143 Å². The number of rotatable bonds is 4. The molecule has 0 radical (unpaired) electrons. The third-order valence-electron chi connectivity index (χ3n) is 8.70. The molecule has 13 nitrogen and oxygen atoms in total. The van der Waals surface area contributed by atoms with Crippen LogP contribution in [-0.4, -0.2) is 19.9 Å². The Morgan fingerprint density at radius 3 is 1.59 bits per heavy atom. The van der Waals surface area contributed by atoms with Gasteiger partial charge in [-0.1, -0.05) is 0 Å². The van der Waals surface area contributed by atoms with Crippen LogP contribution in [0.3, 0.4) is 0 Å². The molecule has 0 N–H and O–H groups in total. The van der Waals surface area contributed by atoms with Gasteiger partial charge in [-0.2, -0.15) is 14.9 Å². The van der Waals surface area contributed by atoms with Crippen LogP contribution in [-0.2, 0) is 0 Å². The zero-order valence-corrected chi connectivity index (χ0v) is 28.5. The average Bonchev–Trinajstić information content (AvgIpc) is 4.01. The molecule has 0 bridgehead atoms. The summed E-state index contributed by atoms with van der Waals surface area (Å²) in [4.78, 5) is 36.0. The molecular formula is C37H7F9N12O. The summed E-state index contributed by atoms with van der Waals surface area (Å²) in [5, 5.41) is 29.4. The van der Waals surface area contributed by atoms with Crippen molar-refractivity contribution in [3.63, 3.8) is 0 Å². The van der Waals surface area contributed by atoms with Crippen LogP contribution in [0.4, 0.5) is 39.5 Å². The number of halogens is 9. The number of benzene rings is 4. The molecule has 0 atom stereocenters. The molecule has 0 spiro atoms. The number of aromatic nitrogens is 4. The molecule has 0 fully saturated rings. The van der Waals surface area contributed by atoms with Crippen molar-refractivity contribution in [2.75, 3.05) is 0 Å². The Kier molecular flexibility index (Phi) is 8.56. The Morgan fingerprint density at radius 2 is 1.07 bits per heavy atom. The van der Waals surface area contributed by atoms with E-state index in [0.717, 1.165) is 6.92 Å². The third kappa shape index (κ3) is 5.54. The maximum atomic E-state index is 14.7. The lowest BCUT2D eigenvalue weighted by Crippen LogP contribution is -2.26. The van der Waals surface area contributed by atoms with Crippen molar-refractivity contribution in [3.8, 4) is 52.7 Å². The van der Waals surface area contributed by atoms with Crippen LogP contribution >= 0.6 is 0 Å². The van der Waals surface area contributed by atoms with Crippen LogP contribution in [0.15, 0.2) is 66.0 Å². The molecule has 2 aromatic heterocycles. The summed E-state index contributed by atoms with van der Waals surface area (Å²) in [7, 11) is 0. The monoisotopic (exact) mass is 806 g/mol. The minimum absolute atomic E-state index is 0.0564. The van der Waals surface area contributed by atoms with Crippen molar-refractivity contribution >= 4 is 16.7 Å². The van der Waals surface area contributed by atoms with E-state index in [2.05, 4.69) is 44.8 Å². The summed E-state index contributed by atoms with van der Waals surface area (Å²) in [6, 6.07) is 10.4. The topological polar surface area (TPSA) is 190 Å². The van der Waals surface area contributed by atoms with Gasteiger partial charge in [0, 0.05) is 16.7 Å². The molecule has 2 aliphatic heterocycles. The largest absolute Gasteiger partial charge is 0.430 e. The van der Waals surface area contributed by atoms with Gasteiger partial charge in [-0.15, -0.1) is 0 Å². The summed E-state index contributed by atoms with van der Waals surface area (Å²) in [5.74, 6) is -22.9. The predicted molar refractivity (Wildman–Crippen MR) is 176 cm³/mol. The van der Waals surface area contributed by atoms with Crippen molar-refractivity contribution < 1.29 is 43.9 Å². The fourth-order valence-electron chi connectivity index (χ4n) is 5.92. The van der Waals surface area contributed by atoms with Crippen LogP contribution in [0.1, 0.15) is 23.6 Å². The first-order valence-electron chi connectivity index (χ1n) is 15.9. The molecule has 0 unspecified atom stereocenters. The zero-order chi connectivity index (χ0) is 42.2. The van der Waals surface area contributed by atoms with Crippen molar-refractivity contribution in [1.29, 1.82) is 15.8 Å². The highest BCUT2D eigenvalue weighted by Gasteiger charge is 2.30. The lowest BCUT2D eigenvalue weighted by molar-refractivity contribution is 0.376. The van der Waals surface area contributed by atoms with Crippen molar-refractivity contribution in [1.82, 2.24) is 19.9 Å². The van der Waals surface area contributed by atoms with E-state index in [1.54, 1.807) is 6.07 Å². The van der Waals surface area contributed by atoms with Crippen LogP contribution in [0.5, 0.6) is 0 Å². The summed E-state index contributed by atoms with van der Waals surface area (Å²) >= 11 is 0. The molecule has 2 aliphatic rings. The maximum Gasteiger partial charge on any atom is 0.305 e. The molecule has 4 heterocycles. The highest BCUT2D eigenvalue weighted by atomic mass is 19.2. The van der Waals surface area contributed by atoms with Gasteiger partial charge in [-0.3, -0.25) is 0 Å². The van der Waals surface area contributed by atoms with E-state index in [1.807, 2.05) is 12.1 Å². The first-order chi connectivity index (χ1) is 28.2. The molecular weight excluding hydrogens is 799 g/mol. The van der Waals surface area contributed by atoms with Gasteiger partial charge in [0.05, 0.1) is 40.0 Å². The van der Waals surface area contributed by atoms with E-state index in [0.29, 0.717) is 0 Å². The number of hydrogen-bond acceptors (Lipinski definition) is 12. The molecule has 59 heavy (non-hydrogen) atoms. The number of fused-ring (bicyclic) bond motifs is 3. The molecule has 0 saturated carbocycles. The van der Waals surface area contributed by atoms with E-state index < -0.39 is 115 Å². The minimum atomic E-state index is -2.40. The van der Waals surface area contributed by atoms with E-state index in [9.17, 15) is 55.3 Å². The summed E-state index contributed by atoms with van der Waals surface area (Å²) in [6.07, 6.45) is 0. The minimum Gasteiger partial charge on any atom is -0.430 e. The van der Waals surface area contributed by atoms with Gasteiger partial charge in [0.25, 0.3) is 5.89 Å². The van der Waals surface area contributed by atoms with Gasteiger partial charge < -0.3 is 4.42 Å². The van der Waals surface area contributed by atoms with E-state index in [-0.39, 0.29) is 43.9 Å². The fourth-order valence-corrected chi connectivity index (χ4v) is 5.92. The van der Waals surface area contributed by atoms with E-state index in [4.69, 9.17) is 11.0 Å². The lowest BCUT2D eigenvalue weighted by atomic mass is 10.0. The SMILES string of the molecule is [C-]#[N+]/C(C#N)=C1\N=c2ccc(-c3nc(-c4nc5c(F)c(F)c(F)c(F)c5o4)nc(-c4ccc5c(c4C#N)=N/C(=C(/C)c4c(F)c(F)c(F)c(F)c4F)N=5)n3)c(C#N)c2=N1. The van der Waals surface area contributed by atoms with Crippen LogP contribution in [0.2, 0.25) is 0 Å². The number of allylic oxidation sites excluding steroid dienone is 2. The highest BCUT2D eigenvalue weighted by molar-refractivity contribution is 5.78. The quantitative estimate of drug-likeness (QED) is 0.0732. The van der Waals surface area contributed by atoms with Crippen LogP contribution in [0.25, 0.3) is 56.0 Å². The van der Waals surface area contributed by atoms with Gasteiger partial charge in [-0.05, 0) is 31.2 Å².